The Morgan fingerprint density at radius 3 is 2.87 bits per heavy atom. The van der Waals surface area contributed by atoms with Crippen LogP contribution in [0.2, 0.25) is 0 Å². The van der Waals surface area contributed by atoms with Crippen LogP contribution in [0.25, 0.3) is 0 Å². The van der Waals surface area contributed by atoms with Crippen LogP contribution in [-0.4, -0.2) is 19.0 Å². The molecule has 0 saturated carbocycles. The van der Waals surface area contributed by atoms with Gasteiger partial charge < -0.3 is 11.1 Å². The van der Waals surface area contributed by atoms with Gasteiger partial charge in [-0.1, -0.05) is 12.1 Å². The minimum Gasteiger partial charge on any atom is -0.355 e. The van der Waals surface area contributed by atoms with Crippen molar-refractivity contribution in [3.8, 4) is 0 Å². The van der Waals surface area contributed by atoms with Gasteiger partial charge in [0, 0.05) is 6.54 Å². The highest BCUT2D eigenvalue weighted by atomic mass is 19.1. The fourth-order valence-corrected chi connectivity index (χ4v) is 1.28. The van der Waals surface area contributed by atoms with Crippen molar-refractivity contribution in [2.45, 2.75) is 13.3 Å². The predicted octanol–water partition coefficient (Wildman–Crippen LogP) is 0.752. The third kappa shape index (κ3) is 3.67. The molecule has 3 N–H and O–H groups in total. The lowest BCUT2D eigenvalue weighted by Gasteiger charge is -2.05. The second-order valence-corrected chi connectivity index (χ2v) is 3.39. The Balaban J connectivity index is 2.44. The van der Waals surface area contributed by atoms with E-state index in [-0.39, 0.29) is 18.3 Å². The average molecular weight is 210 g/mol. The van der Waals surface area contributed by atoms with E-state index in [1.165, 1.54) is 6.07 Å². The summed E-state index contributed by atoms with van der Waals surface area (Å²) in [7, 11) is 0. The summed E-state index contributed by atoms with van der Waals surface area (Å²) in [6.07, 6.45) is 0.687. The molecule has 82 valence electrons. The summed E-state index contributed by atoms with van der Waals surface area (Å²) in [5, 5.41) is 2.66. The molecule has 0 unspecified atom stereocenters. The molecule has 0 radical (unpaired) electrons. The molecule has 0 saturated heterocycles. The summed E-state index contributed by atoms with van der Waals surface area (Å²) < 4.78 is 12.9. The second-order valence-electron chi connectivity index (χ2n) is 3.39. The van der Waals surface area contributed by atoms with Crippen molar-refractivity contribution in [1.82, 2.24) is 5.32 Å². The molecule has 0 aliphatic carbocycles. The summed E-state index contributed by atoms with van der Waals surface area (Å²) in [6.45, 7) is 2.25. The maximum Gasteiger partial charge on any atom is 0.233 e. The zero-order chi connectivity index (χ0) is 11.3. The van der Waals surface area contributed by atoms with Crippen molar-refractivity contribution < 1.29 is 9.18 Å². The number of halogens is 1. The van der Waals surface area contributed by atoms with E-state index in [9.17, 15) is 9.18 Å². The Hall–Kier alpha value is -1.42. The minimum absolute atomic E-state index is 0.00243. The van der Waals surface area contributed by atoms with Gasteiger partial charge in [-0.05, 0) is 30.5 Å². The van der Waals surface area contributed by atoms with Crippen LogP contribution in [0.1, 0.15) is 11.1 Å². The van der Waals surface area contributed by atoms with Gasteiger partial charge in [0.25, 0.3) is 0 Å². The van der Waals surface area contributed by atoms with Gasteiger partial charge in [0.2, 0.25) is 5.91 Å². The van der Waals surface area contributed by atoms with E-state index in [4.69, 9.17) is 5.73 Å². The minimum atomic E-state index is -0.204. The first-order chi connectivity index (χ1) is 7.13. The third-order valence-corrected chi connectivity index (χ3v) is 2.14. The van der Waals surface area contributed by atoms with E-state index in [0.717, 1.165) is 5.56 Å². The lowest BCUT2D eigenvalue weighted by molar-refractivity contribution is -0.119. The van der Waals surface area contributed by atoms with Gasteiger partial charge >= 0.3 is 0 Å². The van der Waals surface area contributed by atoms with Gasteiger partial charge in [0.15, 0.2) is 0 Å². The molecule has 1 aromatic carbocycles. The first-order valence-electron chi connectivity index (χ1n) is 4.85. The Morgan fingerprint density at radius 1 is 1.53 bits per heavy atom. The van der Waals surface area contributed by atoms with Crippen molar-refractivity contribution in [3.05, 3.63) is 35.1 Å². The quantitative estimate of drug-likeness (QED) is 0.770. The fraction of sp³-hybridized carbons (Fsp3) is 0.364. The maximum absolute atomic E-state index is 12.9. The lowest BCUT2D eigenvalue weighted by Crippen LogP contribution is -2.31. The monoisotopic (exact) mass is 210 g/mol. The number of amides is 1. The largest absolute Gasteiger partial charge is 0.355 e. The van der Waals surface area contributed by atoms with Crippen LogP contribution in [0.3, 0.4) is 0 Å². The maximum atomic E-state index is 12.9. The van der Waals surface area contributed by atoms with E-state index < -0.39 is 0 Å². The fourth-order valence-electron chi connectivity index (χ4n) is 1.28. The summed E-state index contributed by atoms with van der Waals surface area (Å²) in [5.74, 6) is -0.376. The number of carbonyl (C=O) groups excluding carboxylic acids is 1. The molecule has 1 rings (SSSR count). The van der Waals surface area contributed by atoms with Gasteiger partial charge in [0.05, 0.1) is 6.54 Å². The lowest BCUT2D eigenvalue weighted by atomic mass is 10.1. The van der Waals surface area contributed by atoms with Gasteiger partial charge in [-0.3, -0.25) is 4.79 Å². The van der Waals surface area contributed by atoms with Gasteiger partial charge in [-0.25, -0.2) is 4.39 Å². The molecule has 3 nitrogen and oxygen atoms in total. The first-order valence-corrected chi connectivity index (χ1v) is 4.85. The molecule has 0 fully saturated rings. The van der Waals surface area contributed by atoms with Gasteiger partial charge in [-0.2, -0.15) is 0 Å². The van der Waals surface area contributed by atoms with Crippen LogP contribution in [-0.2, 0) is 11.2 Å². The number of benzene rings is 1. The molecule has 0 aromatic heterocycles. The average Bonchev–Trinajstić information content (AvgIpc) is 2.23. The number of nitrogens with two attached hydrogens (primary N) is 1. The SMILES string of the molecule is Cc1cc(CCNC(=O)CN)ccc1F. The summed E-state index contributed by atoms with van der Waals surface area (Å²) in [4.78, 5) is 10.8. The summed E-state index contributed by atoms with van der Waals surface area (Å²) >= 11 is 0. The number of hydrogen-bond donors (Lipinski definition) is 2. The number of carbonyl (C=O) groups is 1. The molecular weight excluding hydrogens is 195 g/mol. The van der Waals surface area contributed by atoms with E-state index in [1.807, 2.05) is 0 Å². The van der Waals surface area contributed by atoms with Crippen molar-refractivity contribution in [2.24, 2.45) is 5.73 Å². The topological polar surface area (TPSA) is 55.1 Å². The number of rotatable bonds is 4. The smallest absolute Gasteiger partial charge is 0.233 e. The molecule has 0 heterocycles. The van der Waals surface area contributed by atoms with E-state index >= 15 is 0 Å². The molecule has 0 spiro atoms. The third-order valence-electron chi connectivity index (χ3n) is 2.14. The zero-order valence-electron chi connectivity index (χ0n) is 8.72. The van der Waals surface area contributed by atoms with Gasteiger partial charge in [0.1, 0.15) is 5.82 Å². The van der Waals surface area contributed by atoms with Crippen molar-refractivity contribution in [3.63, 3.8) is 0 Å². The Labute approximate surface area is 88.5 Å². The van der Waals surface area contributed by atoms with E-state index in [1.54, 1.807) is 19.1 Å². The highest BCUT2D eigenvalue weighted by Crippen LogP contribution is 2.09. The molecule has 15 heavy (non-hydrogen) atoms. The number of aryl methyl sites for hydroxylation is 1. The van der Waals surface area contributed by atoms with Crippen LogP contribution < -0.4 is 11.1 Å². The van der Waals surface area contributed by atoms with Crippen LogP contribution in [0.15, 0.2) is 18.2 Å². The molecule has 0 aliphatic heterocycles. The Morgan fingerprint density at radius 2 is 2.27 bits per heavy atom. The summed E-state index contributed by atoms with van der Waals surface area (Å²) in [6, 6.07) is 4.94. The Bertz CT molecular complexity index is 352. The van der Waals surface area contributed by atoms with Crippen LogP contribution in [0.5, 0.6) is 0 Å². The summed E-state index contributed by atoms with van der Waals surface area (Å²) in [5.41, 5.74) is 6.76. The standard InChI is InChI=1S/C11H15FN2O/c1-8-6-9(2-3-10(8)12)4-5-14-11(15)7-13/h2-3,6H,4-5,7,13H2,1H3,(H,14,15). The highest BCUT2D eigenvalue weighted by Gasteiger charge is 2.00. The van der Waals surface area contributed by atoms with Crippen LogP contribution >= 0.6 is 0 Å². The van der Waals surface area contributed by atoms with Crippen molar-refractivity contribution in [1.29, 1.82) is 0 Å². The number of hydrogen-bond acceptors (Lipinski definition) is 2. The highest BCUT2D eigenvalue weighted by molar-refractivity contribution is 5.77. The van der Waals surface area contributed by atoms with Crippen molar-refractivity contribution in [2.75, 3.05) is 13.1 Å². The van der Waals surface area contributed by atoms with Crippen LogP contribution in [0, 0.1) is 12.7 Å². The first kappa shape index (κ1) is 11.7. The zero-order valence-corrected chi connectivity index (χ0v) is 8.72. The normalized spacial score (nSPS) is 10.1. The molecule has 1 aromatic rings. The van der Waals surface area contributed by atoms with E-state index in [0.29, 0.717) is 18.5 Å². The second kappa shape index (κ2) is 5.46. The molecule has 1 amide bonds. The van der Waals surface area contributed by atoms with Gasteiger partial charge in [-0.15, -0.1) is 0 Å². The molecule has 4 heteroatoms. The number of nitrogens with one attached hydrogen (secondary N) is 1. The molecule has 0 bridgehead atoms. The molecule has 0 atom stereocenters. The van der Waals surface area contributed by atoms with Crippen LogP contribution in [0.4, 0.5) is 4.39 Å². The van der Waals surface area contributed by atoms with E-state index in [2.05, 4.69) is 5.32 Å². The van der Waals surface area contributed by atoms with Crippen molar-refractivity contribution >= 4 is 5.91 Å². The Kier molecular flexibility index (Phi) is 4.24. The molecular formula is C11H15FN2O. The predicted molar refractivity (Wildman–Crippen MR) is 56.9 cm³/mol. The molecule has 0 aliphatic rings.